The second kappa shape index (κ2) is 13.1. The summed E-state index contributed by atoms with van der Waals surface area (Å²) in [6.07, 6.45) is -0.523. The average Bonchev–Trinajstić information content (AvgIpc) is 3.42. The van der Waals surface area contributed by atoms with Crippen LogP contribution in [0.5, 0.6) is 11.5 Å². The first-order valence-electron chi connectivity index (χ1n) is 14.8. The van der Waals surface area contributed by atoms with Crippen LogP contribution < -0.4 is 25.4 Å². The number of halogens is 3. The third kappa shape index (κ3) is 7.15. The molecule has 1 fully saturated rings. The number of hydrogen-bond acceptors (Lipinski definition) is 8. The second-order valence-electron chi connectivity index (χ2n) is 12.9. The van der Waals surface area contributed by atoms with Crippen LogP contribution in [-0.4, -0.2) is 58.4 Å². The van der Waals surface area contributed by atoms with Gasteiger partial charge in [0, 0.05) is 29.1 Å². The van der Waals surface area contributed by atoms with Crippen molar-refractivity contribution < 1.29 is 36.6 Å². The van der Waals surface area contributed by atoms with E-state index < -0.39 is 45.4 Å². The van der Waals surface area contributed by atoms with E-state index in [9.17, 15) is 18.0 Å². The molecule has 0 aliphatic carbocycles. The van der Waals surface area contributed by atoms with E-state index in [-0.39, 0.29) is 45.7 Å². The summed E-state index contributed by atoms with van der Waals surface area (Å²) in [5.74, 6) is -1.78. The lowest BCUT2D eigenvalue weighted by Gasteiger charge is -2.37. The van der Waals surface area contributed by atoms with Gasteiger partial charge in [-0.3, -0.25) is 15.4 Å². The van der Waals surface area contributed by atoms with Gasteiger partial charge < -0.3 is 19.5 Å². The van der Waals surface area contributed by atoms with Crippen molar-refractivity contribution in [1.82, 2.24) is 5.32 Å². The summed E-state index contributed by atoms with van der Waals surface area (Å²) < 4.78 is 55.8. The van der Waals surface area contributed by atoms with E-state index >= 15 is 4.39 Å². The van der Waals surface area contributed by atoms with Gasteiger partial charge in [0.1, 0.15) is 29.3 Å². The summed E-state index contributed by atoms with van der Waals surface area (Å²) in [7, 11) is -1.82. The number of benzene rings is 3. The minimum absolute atomic E-state index is 0.0635. The van der Waals surface area contributed by atoms with Crippen molar-refractivity contribution in [3.8, 4) is 11.5 Å². The van der Waals surface area contributed by atoms with Gasteiger partial charge in [-0.25, -0.2) is 17.6 Å². The van der Waals surface area contributed by atoms with Gasteiger partial charge in [-0.2, -0.15) is 0 Å². The fraction of sp³-hybridized carbons (Fsp3) is 0.394. The van der Waals surface area contributed by atoms with Crippen LogP contribution >= 0.6 is 23.2 Å². The van der Waals surface area contributed by atoms with Crippen molar-refractivity contribution in [3.05, 3.63) is 81.6 Å². The van der Waals surface area contributed by atoms with Crippen LogP contribution in [0.3, 0.4) is 0 Å². The average molecular weight is 709 g/mol. The molecule has 0 aromatic heterocycles. The van der Waals surface area contributed by atoms with Gasteiger partial charge in [0.15, 0.2) is 16.1 Å². The van der Waals surface area contributed by atoms with Crippen LogP contribution in [0.15, 0.2) is 54.6 Å². The lowest BCUT2D eigenvalue weighted by Crippen LogP contribution is -2.49. The number of methoxy groups -OCH3 is 1. The molecule has 2 amide bonds. The SMILES string of the molecule is COc1cc(OCCS(C)(=O)=O)ccc1NC(=O)O[C@H]1N[C@@H](CC(C)(C)C)[C@@]2(C(=O)Nc3cc(Cl)ccc32)[C@H]1c1cccc(Cl)c1F. The standard InChI is InChI=1S/C33H36Cl2FN3O7S/c1-32(2,3)17-26-33(21-11-9-18(34)15-24(21)37-30(33)40)27(20-7-6-8-22(35)28(20)36)29(39-26)46-31(41)38-23-12-10-19(16-25(23)44-4)45-13-14-47(5,42)43/h6-12,15-16,26-27,29,39H,13-14,17H2,1-5H3,(H,37,40)(H,38,41)/t26-,27-,29+,33+/m0/s1. The lowest BCUT2D eigenvalue weighted by molar-refractivity contribution is -0.122. The number of ether oxygens (including phenoxy) is 3. The zero-order chi connectivity index (χ0) is 34.3. The predicted octanol–water partition coefficient (Wildman–Crippen LogP) is 6.52. The molecule has 2 aliphatic heterocycles. The first kappa shape index (κ1) is 34.7. The van der Waals surface area contributed by atoms with E-state index in [0.29, 0.717) is 28.4 Å². The fourth-order valence-corrected chi connectivity index (χ4v) is 7.14. The molecular formula is C33H36Cl2FN3O7S. The zero-order valence-corrected chi connectivity index (χ0v) is 28.8. The van der Waals surface area contributed by atoms with Crippen LogP contribution in [0.25, 0.3) is 0 Å². The first-order valence-corrected chi connectivity index (χ1v) is 17.6. The fourth-order valence-electron chi connectivity index (χ4n) is 6.40. The van der Waals surface area contributed by atoms with Gasteiger partial charge in [0.2, 0.25) is 5.91 Å². The van der Waals surface area contributed by atoms with Gasteiger partial charge in [0.25, 0.3) is 0 Å². The molecule has 252 valence electrons. The topological polar surface area (TPSA) is 132 Å². The minimum Gasteiger partial charge on any atom is -0.494 e. The Kier molecular flexibility index (Phi) is 9.71. The van der Waals surface area contributed by atoms with E-state index in [4.69, 9.17) is 37.4 Å². The van der Waals surface area contributed by atoms with E-state index in [1.54, 1.807) is 24.3 Å². The molecule has 0 unspecified atom stereocenters. The maximum atomic E-state index is 15.9. The highest BCUT2D eigenvalue weighted by Gasteiger charge is 2.66. The van der Waals surface area contributed by atoms with Crippen molar-refractivity contribution in [2.24, 2.45) is 5.41 Å². The first-order chi connectivity index (χ1) is 22.0. The maximum Gasteiger partial charge on any atom is 0.413 e. The Balaban J connectivity index is 1.52. The maximum absolute atomic E-state index is 15.9. The van der Waals surface area contributed by atoms with E-state index in [1.807, 2.05) is 20.8 Å². The van der Waals surface area contributed by atoms with Gasteiger partial charge >= 0.3 is 6.09 Å². The smallest absolute Gasteiger partial charge is 0.413 e. The molecule has 14 heteroatoms. The molecule has 3 N–H and O–H groups in total. The van der Waals surface area contributed by atoms with Gasteiger partial charge in [-0.1, -0.05) is 62.2 Å². The highest BCUT2D eigenvalue weighted by molar-refractivity contribution is 7.90. The Labute approximate surface area is 283 Å². The van der Waals surface area contributed by atoms with Crippen LogP contribution in [0.2, 0.25) is 10.0 Å². The predicted molar refractivity (Wildman–Crippen MR) is 179 cm³/mol. The highest BCUT2D eigenvalue weighted by atomic mass is 35.5. The van der Waals surface area contributed by atoms with E-state index in [2.05, 4.69) is 16.0 Å². The molecule has 0 bridgehead atoms. The molecule has 5 rings (SSSR count). The molecule has 1 saturated heterocycles. The van der Waals surface area contributed by atoms with Crippen molar-refractivity contribution >= 4 is 56.4 Å². The third-order valence-electron chi connectivity index (χ3n) is 8.26. The Hall–Kier alpha value is -3.58. The quantitative estimate of drug-likeness (QED) is 0.229. The normalized spacial score (nSPS) is 22.1. The van der Waals surface area contributed by atoms with Crippen molar-refractivity contribution in [2.75, 3.05) is 36.4 Å². The summed E-state index contributed by atoms with van der Waals surface area (Å²) in [4.78, 5) is 27.8. The van der Waals surface area contributed by atoms with Crippen LogP contribution in [-0.2, 0) is 24.8 Å². The minimum atomic E-state index is -3.22. The number of fused-ring (bicyclic) bond motifs is 2. The number of hydrogen-bond donors (Lipinski definition) is 3. The van der Waals surface area contributed by atoms with Crippen LogP contribution in [0.4, 0.5) is 20.6 Å². The Morgan fingerprint density at radius 1 is 1.11 bits per heavy atom. The monoisotopic (exact) mass is 707 g/mol. The van der Waals surface area contributed by atoms with E-state index in [0.717, 1.165) is 6.26 Å². The number of carbonyl (C=O) groups excluding carboxylic acids is 2. The largest absolute Gasteiger partial charge is 0.494 e. The molecule has 0 radical (unpaired) electrons. The second-order valence-corrected chi connectivity index (χ2v) is 16.0. The van der Waals surface area contributed by atoms with Gasteiger partial charge in [-0.15, -0.1) is 0 Å². The van der Waals surface area contributed by atoms with Crippen molar-refractivity contribution in [2.45, 2.75) is 50.8 Å². The number of amides is 2. The summed E-state index contributed by atoms with van der Waals surface area (Å²) in [5.41, 5.74) is -0.289. The van der Waals surface area contributed by atoms with E-state index in [1.165, 1.54) is 37.4 Å². The summed E-state index contributed by atoms with van der Waals surface area (Å²) in [6.45, 7) is 6.00. The number of anilines is 2. The number of sulfone groups is 1. The summed E-state index contributed by atoms with van der Waals surface area (Å²) in [6, 6.07) is 13.5. The summed E-state index contributed by atoms with van der Waals surface area (Å²) in [5, 5.41) is 9.24. The molecule has 3 aromatic rings. The molecule has 2 heterocycles. The molecular weight excluding hydrogens is 672 g/mol. The molecule has 0 saturated carbocycles. The summed E-state index contributed by atoms with van der Waals surface area (Å²) >= 11 is 12.6. The Morgan fingerprint density at radius 3 is 2.53 bits per heavy atom. The molecule has 4 atom stereocenters. The Bertz CT molecular complexity index is 1820. The molecule has 1 spiro atoms. The van der Waals surface area contributed by atoms with Gasteiger partial charge in [-0.05, 0) is 53.3 Å². The van der Waals surface area contributed by atoms with Crippen LogP contribution in [0, 0.1) is 11.2 Å². The van der Waals surface area contributed by atoms with Crippen molar-refractivity contribution in [1.29, 1.82) is 0 Å². The molecule has 2 aliphatic rings. The van der Waals surface area contributed by atoms with Crippen molar-refractivity contribution in [3.63, 3.8) is 0 Å². The zero-order valence-electron chi connectivity index (χ0n) is 26.4. The number of rotatable bonds is 9. The lowest BCUT2D eigenvalue weighted by atomic mass is 9.63. The van der Waals surface area contributed by atoms with Gasteiger partial charge in [0.05, 0.1) is 29.5 Å². The Morgan fingerprint density at radius 2 is 1.85 bits per heavy atom. The molecule has 47 heavy (non-hydrogen) atoms. The van der Waals surface area contributed by atoms with Crippen LogP contribution in [0.1, 0.15) is 44.2 Å². The number of carbonyl (C=O) groups is 2. The highest BCUT2D eigenvalue weighted by Crippen LogP contribution is 2.57. The molecule has 10 nitrogen and oxygen atoms in total. The molecule has 3 aromatic carbocycles. The third-order valence-corrected chi connectivity index (χ3v) is 9.69. The number of nitrogens with one attached hydrogen (secondary N) is 3.